The molecule has 0 saturated heterocycles. The van der Waals surface area contributed by atoms with Crippen LogP contribution < -0.4 is 5.73 Å². The van der Waals surface area contributed by atoms with Crippen molar-refractivity contribution < 1.29 is 0 Å². The Morgan fingerprint density at radius 3 is 2.85 bits per heavy atom. The van der Waals surface area contributed by atoms with Crippen molar-refractivity contribution in [2.24, 2.45) is 5.73 Å². The normalized spacial score (nSPS) is 11.3. The summed E-state index contributed by atoms with van der Waals surface area (Å²) in [6, 6.07) is 8.13. The fraction of sp³-hybridized carbons (Fsp3) is 0.357. The lowest BCUT2D eigenvalue weighted by Crippen LogP contribution is -2.14. The molecule has 0 unspecified atom stereocenters. The van der Waals surface area contributed by atoms with Crippen molar-refractivity contribution in [1.29, 1.82) is 0 Å². The number of fused-ring (bicyclic) bond motifs is 1. The number of rotatable bonds is 5. The van der Waals surface area contributed by atoms with Crippen molar-refractivity contribution >= 4 is 11.0 Å². The molecule has 6 nitrogen and oxygen atoms in total. The van der Waals surface area contributed by atoms with Crippen LogP contribution in [-0.4, -0.2) is 30.9 Å². The minimum Gasteiger partial charge on any atom is -0.330 e. The summed E-state index contributed by atoms with van der Waals surface area (Å²) in [6.45, 7) is 4.13. The van der Waals surface area contributed by atoms with Crippen molar-refractivity contribution in [1.82, 2.24) is 24.3 Å². The van der Waals surface area contributed by atoms with Crippen molar-refractivity contribution in [3.8, 4) is 0 Å². The molecule has 3 aromatic rings. The van der Waals surface area contributed by atoms with E-state index in [-0.39, 0.29) is 0 Å². The van der Waals surface area contributed by atoms with E-state index in [4.69, 9.17) is 5.73 Å². The fourth-order valence-electron chi connectivity index (χ4n) is 2.44. The van der Waals surface area contributed by atoms with Gasteiger partial charge in [0, 0.05) is 13.0 Å². The van der Waals surface area contributed by atoms with E-state index >= 15 is 0 Å². The van der Waals surface area contributed by atoms with Crippen molar-refractivity contribution in [2.75, 3.05) is 6.54 Å². The van der Waals surface area contributed by atoms with Gasteiger partial charge in [0.2, 0.25) is 0 Å². The zero-order valence-electron chi connectivity index (χ0n) is 11.5. The van der Waals surface area contributed by atoms with E-state index in [1.54, 1.807) is 6.33 Å². The molecular formula is C14H18N6. The third-order valence-electron chi connectivity index (χ3n) is 3.40. The minimum absolute atomic E-state index is 0.587. The Morgan fingerprint density at radius 1 is 1.20 bits per heavy atom. The summed E-state index contributed by atoms with van der Waals surface area (Å²) in [5.41, 5.74) is 7.81. The quantitative estimate of drug-likeness (QED) is 0.756. The van der Waals surface area contributed by atoms with Gasteiger partial charge in [-0.3, -0.25) is 0 Å². The van der Waals surface area contributed by atoms with Crippen LogP contribution in [0.2, 0.25) is 0 Å². The first-order valence-corrected chi connectivity index (χ1v) is 6.84. The number of aromatic nitrogens is 5. The highest BCUT2D eigenvalue weighted by atomic mass is 15.3. The average Bonchev–Trinajstić information content (AvgIpc) is 3.05. The molecule has 0 aliphatic rings. The van der Waals surface area contributed by atoms with Crippen LogP contribution in [0.1, 0.15) is 18.6 Å². The van der Waals surface area contributed by atoms with Crippen LogP contribution in [-0.2, 0) is 19.5 Å². The van der Waals surface area contributed by atoms with E-state index in [9.17, 15) is 0 Å². The number of aryl methyl sites for hydroxylation is 1. The van der Waals surface area contributed by atoms with Crippen LogP contribution in [0.4, 0.5) is 0 Å². The molecule has 104 valence electrons. The summed E-state index contributed by atoms with van der Waals surface area (Å²) in [5, 5.41) is 4.22. The molecule has 0 fully saturated rings. The first-order chi connectivity index (χ1) is 9.83. The predicted octanol–water partition coefficient (Wildman–Crippen LogP) is 1.20. The van der Waals surface area contributed by atoms with Crippen LogP contribution >= 0.6 is 0 Å². The molecule has 0 atom stereocenters. The van der Waals surface area contributed by atoms with E-state index in [0.717, 1.165) is 35.6 Å². The molecule has 0 spiro atoms. The van der Waals surface area contributed by atoms with E-state index in [2.05, 4.69) is 32.6 Å². The zero-order valence-corrected chi connectivity index (χ0v) is 11.5. The van der Waals surface area contributed by atoms with Crippen LogP contribution in [0, 0.1) is 0 Å². The van der Waals surface area contributed by atoms with Gasteiger partial charge >= 0.3 is 0 Å². The molecule has 0 radical (unpaired) electrons. The second-order valence-electron chi connectivity index (χ2n) is 4.63. The Kier molecular flexibility index (Phi) is 3.47. The monoisotopic (exact) mass is 270 g/mol. The summed E-state index contributed by atoms with van der Waals surface area (Å²) < 4.78 is 4.08. The molecule has 0 aliphatic heterocycles. The molecule has 2 heterocycles. The molecule has 0 amide bonds. The van der Waals surface area contributed by atoms with Gasteiger partial charge in [-0.15, -0.1) is 0 Å². The van der Waals surface area contributed by atoms with E-state index in [1.807, 2.05) is 22.9 Å². The van der Waals surface area contributed by atoms with Crippen molar-refractivity contribution in [2.45, 2.75) is 26.4 Å². The topological polar surface area (TPSA) is 74.5 Å². The molecule has 0 aliphatic carbocycles. The van der Waals surface area contributed by atoms with Gasteiger partial charge in [0.15, 0.2) is 0 Å². The predicted molar refractivity (Wildman–Crippen MR) is 77.3 cm³/mol. The first-order valence-electron chi connectivity index (χ1n) is 6.84. The van der Waals surface area contributed by atoms with E-state index in [0.29, 0.717) is 13.1 Å². The molecular weight excluding hydrogens is 252 g/mol. The third-order valence-corrected chi connectivity index (χ3v) is 3.40. The summed E-state index contributed by atoms with van der Waals surface area (Å²) in [4.78, 5) is 9.01. The van der Waals surface area contributed by atoms with Crippen LogP contribution in [0.25, 0.3) is 11.0 Å². The smallest absolute Gasteiger partial charge is 0.146 e. The summed E-state index contributed by atoms with van der Waals surface area (Å²) in [7, 11) is 0. The second-order valence-corrected chi connectivity index (χ2v) is 4.63. The fourth-order valence-corrected chi connectivity index (χ4v) is 2.44. The molecule has 0 saturated carbocycles. The maximum absolute atomic E-state index is 5.69. The Balaban J connectivity index is 2.06. The second kappa shape index (κ2) is 5.42. The number of imidazole rings is 1. The van der Waals surface area contributed by atoms with Crippen LogP contribution in [0.3, 0.4) is 0 Å². The molecule has 0 bridgehead atoms. The summed E-state index contributed by atoms with van der Waals surface area (Å²) in [6.07, 6.45) is 2.36. The number of nitrogens with two attached hydrogens (primary N) is 1. The highest BCUT2D eigenvalue weighted by Gasteiger charge is 2.12. The van der Waals surface area contributed by atoms with Gasteiger partial charge < -0.3 is 10.3 Å². The number of para-hydroxylation sites is 2. The Labute approximate surface area is 117 Å². The Morgan fingerprint density at radius 2 is 2.05 bits per heavy atom. The highest BCUT2D eigenvalue weighted by molar-refractivity contribution is 5.76. The Hall–Kier alpha value is -2.21. The minimum atomic E-state index is 0.587. The standard InChI is InChI=1S/C14H18N6/c1-2-20-14(16-10-17-20)9-19-12-6-4-3-5-11(12)18-13(19)7-8-15/h3-6,10H,2,7-9,15H2,1H3. The largest absolute Gasteiger partial charge is 0.330 e. The number of nitrogens with zero attached hydrogens (tertiary/aromatic N) is 5. The summed E-state index contributed by atoms with van der Waals surface area (Å²) in [5.74, 6) is 1.94. The number of hydrogen-bond donors (Lipinski definition) is 1. The maximum atomic E-state index is 5.69. The van der Waals surface area contributed by atoms with Gasteiger partial charge in [0.05, 0.1) is 17.6 Å². The first kappa shape index (κ1) is 12.8. The maximum Gasteiger partial charge on any atom is 0.146 e. The van der Waals surface area contributed by atoms with Gasteiger partial charge in [0.25, 0.3) is 0 Å². The molecule has 2 aromatic heterocycles. The zero-order chi connectivity index (χ0) is 13.9. The average molecular weight is 270 g/mol. The molecule has 6 heteroatoms. The van der Waals surface area contributed by atoms with Crippen LogP contribution in [0.5, 0.6) is 0 Å². The van der Waals surface area contributed by atoms with E-state index < -0.39 is 0 Å². The SMILES string of the molecule is CCn1ncnc1Cn1c(CCN)nc2ccccc21. The van der Waals surface area contributed by atoms with Gasteiger partial charge in [-0.05, 0) is 25.6 Å². The third kappa shape index (κ3) is 2.18. The molecule has 3 rings (SSSR count). The lowest BCUT2D eigenvalue weighted by molar-refractivity contribution is 0.587. The van der Waals surface area contributed by atoms with Gasteiger partial charge in [-0.2, -0.15) is 5.10 Å². The lowest BCUT2D eigenvalue weighted by Gasteiger charge is -2.09. The highest BCUT2D eigenvalue weighted by Crippen LogP contribution is 2.17. The summed E-state index contributed by atoms with van der Waals surface area (Å²) >= 11 is 0. The van der Waals surface area contributed by atoms with Gasteiger partial charge in [-0.25, -0.2) is 14.6 Å². The lowest BCUT2D eigenvalue weighted by atomic mass is 10.3. The molecule has 20 heavy (non-hydrogen) atoms. The van der Waals surface area contributed by atoms with Gasteiger partial charge in [0.1, 0.15) is 18.0 Å². The van der Waals surface area contributed by atoms with Gasteiger partial charge in [-0.1, -0.05) is 12.1 Å². The van der Waals surface area contributed by atoms with E-state index in [1.165, 1.54) is 0 Å². The van der Waals surface area contributed by atoms with Crippen molar-refractivity contribution in [3.63, 3.8) is 0 Å². The number of hydrogen-bond acceptors (Lipinski definition) is 4. The Bertz CT molecular complexity index is 711. The van der Waals surface area contributed by atoms with Crippen LogP contribution in [0.15, 0.2) is 30.6 Å². The number of benzene rings is 1. The molecule has 1 aromatic carbocycles. The molecule has 2 N–H and O–H groups in total. The van der Waals surface area contributed by atoms with Crippen molar-refractivity contribution in [3.05, 3.63) is 42.2 Å².